The molecule has 0 aromatic carbocycles. The van der Waals surface area contributed by atoms with Crippen LogP contribution in [0, 0.1) is 0 Å². The monoisotopic (exact) mass is 965 g/mol. The van der Waals surface area contributed by atoms with Crippen LogP contribution < -0.4 is 0 Å². The van der Waals surface area contributed by atoms with Crippen LogP contribution in [0.5, 0.6) is 0 Å². The Morgan fingerprint density at radius 2 is 0.594 bits per heavy atom. The topological polar surface area (TPSA) is 78.9 Å². The van der Waals surface area contributed by atoms with E-state index in [2.05, 4.69) is 81.5 Å². The van der Waals surface area contributed by atoms with Crippen LogP contribution in [0.4, 0.5) is 0 Å². The zero-order chi connectivity index (χ0) is 50.0. The molecule has 0 bridgehead atoms. The van der Waals surface area contributed by atoms with Crippen molar-refractivity contribution in [2.75, 3.05) is 13.2 Å². The summed E-state index contributed by atoms with van der Waals surface area (Å²) in [6, 6.07) is 0. The third-order valence-electron chi connectivity index (χ3n) is 13.0. The van der Waals surface area contributed by atoms with Crippen LogP contribution in [0.15, 0.2) is 60.8 Å². The highest BCUT2D eigenvalue weighted by Gasteiger charge is 2.19. The number of ether oxygens (including phenoxy) is 3. The third kappa shape index (κ3) is 55.9. The van der Waals surface area contributed by atoms with Gasteiger partial charge in [0, 0.05) is 19.3 Å². The van der Waals surface area contributed by atoms with E-state index in [0.29, 0.717) is 19.3 Å². The average Bonchev–Trinajstić information content (AvgIpc) is 3.35. The summed E-state index contributed by atoms with van der Waals surface area (Å²) in [5.41, 5.74) is 0. The molecule has 0 aliphatic heterocycles. The Balaban J connectivity index is 4.24. The molecule has 0 saturated carbocycles. The maximum Gasteiger partial charge on any atom is 0.306 e. The van der Waals surface area contributed by atoms with Crippen molar-refractivity contribution in [3.05, 3.63) is 60.8 Å². The SMILES string of the molecule is CC/C=C\C/C=C\C/C=C\C/C=C\CCCCCCC(=O)OC(COC(=O)CCCCCCC/C=C\CCC)COC(=O)CCCCCCCCCCCCCCCCCCCCCCCCCC. The quantitative estimate of drug-likeness (QED) is 0.0262. The minimum atomic E-state index is -0.788. The number of hydrogen-bond donors (Lipinski definition) is 0. The molecule has 69 heavy (non-hydrogen) atoms. The Kier molecular flexibility index (Phi) is 55.3. The van der Waals surface area contributed by atoms with Crippen LogP contribution >= 0.6 is 0 Å². The summed E-state index contributed by atoms with van der Waals surface area (Å²) in [4.78, 5) is 38.1. The van der Waals surface area contributed by atoms with Crippen LogP contribution in [0.1, 0.15) is 303 Å². The molecule has 0 aliphatic rings. The van der Waals surface area contributed by atoms with Crippen LogP contribution in [0.3, 0.4) is 0 Å². The lowest BCUT2D eigenvalue weighted by molar-refractivity contribution is -0.167. The highest BCUT2D eigenvalue weighted by Crippen LogP contribution is 2.17. The molecule has 0 aliphatic carbocycles. The first-order chi connectivity index (χ1) is 34.0. The van der Waals surface area contributed by atoms with Crippen LogP contribution in [0.25, 0.3) is 0 Å². The van der Waals surface area contributed by atoms with Crippen molar-refractivity contribution in [2.24, 2.45) is 0 Å². The maximum absolute atomic E-state index is 12.8. The molecule has 0 N–H and O–H groups in total. The van der Waals surface area contributed by atoms with E-state index >= 15 is 0 Å². The van der Waals surface area contributed by atoms with Gasteiger partial charge in [-0.25, -0.2) is 0 Å². The molecule has 1 atom stereocenters. The van der Waals surface area contributed by atoms with Crippen LogP contribution in [-0.2, 0) is 28.6 Å². The predicted octanol–water partition coefficient (Wildman–Crippen LogP) is 20.0. The van der Waals surface area contributed by atoms with E-state index < -0.39 is 6.10 Å². The molecule has 0 spiro atoms. The Labute approximate surface area is 428 Å². The Hall–Kier alpha value is -2.89. The Morgan fingerprint density at radius 1 is 0.304 bits per heavy atom. The average molecular weight is 966 g/mol. The van der Waals surface area contributed by atoms with Gasteiger partial charge in [-0.2, -0.15) is 0 Å². The van der Waals surface area contributed by atoms with Crippen molar-refractivity contribution < 1.29 is 28.6 Å². The number of unbranched alkanes of at least 4 members (excludes halogenated alkanes) is 33. The molecule has 6 nitrogen and oxygen atoms in total. The standard InChI is InChI=1S/C63H112O6/c1-4-7-10-13-16-19-22-24-26-28-29-30-31-32-33-34-36-37-39-41-44-47-50-53-56-62(65)68-59-60(58-67-61(64)55-52-49-46-43-21-18-15-12-9-6-3)69-63(66)57-54-51-48-45-42-40-38-35-27-25-23-20-17-14-11-8-5-2/h8,11-12,15,17,20,25,27,38,40,60H,4-7,9-10,13-14,16,18-19,21-24,26,28-37,39,41-59H2,1-3H3/b11-8-,15-12-,20-17-,27-25-,40-38-. The highest BCUT2D eigenvalue weighted by molar-refractivity contribution is 5.71. The fourth-order valence-corrected chi connectivity index (χ4v) is 8.56. The zero-order valence-electron chi connectivity index (χ0n) is 45.8. The molecular weight excluding hydrogens is 853 g/mol. The van der Waals surface area contributed by atoms with E-state index in [4.69, 9.17) is 14.2 Å². The lowest BCUT2D eigenvalue weighted by atomic mass is 10.0. The summed E-state index contributed by atoms with van der Waals surface area (Å²) in [6.07, 6.45) is 72.4. The van der Waals surface area contributed by atoms with Gasteiger partial charge in [-0.05, 0) is 77.0 Å². The number of carbonyl (C=O) groups excluding carboxylic acids is 3. The van der Waals surface area contributed by atoms with E-state index in [9.17, 15) is 14.4 Å². The summed E-state index contributed by atoms with van der Waals surface area (Å²) >= 11 is 0. The minimum absolute atomic E-state index is 0.0845. The number of hydrogen-bond acceptors (Lipinski definition) is 6. The third-order valence-corrected chi connectivity index (χ3v) is 13.0. The summed E-state index contributed by atoms with van der Waals surface area (Å²) < 4.78 is 16.8. The second kappa shape index (κ2) is 57.7. The molecule has 0 radical (unpaired) electrons. The fourth-order valence-electron chi connectivity index (χ4n) is 8.56. The Morgan fingerprint density at radius 3 is 0.957 bits per heavy atom. The molecule has 6 heteroatoms. The van der Waals surface area contributed by atoms with E-state index in [0.717, 1.165) is 109 Å². The Bertz CT molecular complexity index is 1250. The molecule has 0 saturated heterocycles. The van der Waals surface area contributed by atoms with Gasteiger partial charge in [0.15, 0.2) is 6.10 Å². The summed E-state index contributed by atoms with van der Waals surface area (Å²) in [6.45, 7) is 6.47. The summed E-state index contributed by atoms with van der Waals surface area (Å²) in [7, 11) is 0. The second-order valence-corrected chi connectivity index (χ2v) is 19.9. The zero-order valence-corrected chi connectivity index (χ0v) is 45.8. The molecule has 0 amide bonds. The van der Waals surface area contributed by atoms with Gasteiger partial charge in [0.2, 0.25) is 0 Å². The van der Waals surface area contributed by atoms with Gasteiger partial charge in [0.1, 0.15) is 13.2 Å². The first kappa shape index (κ1) is 66.1. The molecule has 0 aromatic rings. The van der Waals surface area contributed by atoms with E-state index in [1.165, 1.54) is 154 Å². The molecule has 0 aromatic heterocycles. The summed E-state index contributed by atoms with van der Waals surface area (Å²) in [5.74, 6) is -0.908. The minimum Gasteiger partial charge on any atom is -0.462 e. The van der Waals surface area contributed by atoms with Crippen LogP contribution in [0.2, 0.25) is 0 Å². The van der Waals surface area contributed by atoms with E-state index in [1.54, 1.807) is 0 Å². The normalized spacial score (nSPS) is 12.4. The smallest absolute Gasteiger partial charge is 0.306 e. The lowest BCUT2D eigenvalue weighted by Crippen LogP contribution is -2.30. The summed E-state index contributed by atoms with van der Waals surface area (Å²) in [5, 5.41) is 0. The fraction of sp³-hybridized carbons (Fsp3) is 0.794. The number of carbonyl (C=O) groups is 3. The molecule has 1 unspecified atom stereocenters. The van der Waals surface area contributed by atoms with Gasteiger partial charge in [0.25, 0.3) is 0 Å². The maximum atomic E-state index is 12.8. The van der Waals surface area contributed by atoms with Gasteiger partial charge in [-0.15, -0.1) is 0 Å². The van der Waals surface area contributed by atoms with Crippen molar-refractivity contribution in [3.63, 3.8) is 0 Å². The molecule has 400 valence electrons. The largest absolute Gasteiger partial charge is 0.462 e. The first-order valence-corrected chi connectivity index (χ1v) is 29.8. The second-order valence-electron chi connectivity index (χ2n) is 19.9. The first-order valence-electron chi connectivity index (χ1n) is 29.8. The number of allylic oxidation sites excluding steroid dienone is 10. The molecule has 0 rings (SSSR count). The van der Waals surface area contributed by atoms with Crippen molar-refractivity contribution >= 4 is 17.9 Å². The van der Waals surface area contributed by atoms with Gasteiger partial charge in [0.05, 0.1) is 0 Å². The molecule has 0 fully saturated rings. The number of esters is 3. The number of rotatable bonds is 54. The van der Waals surface area contributed by atoms with Gasteiger partial charge >= 0.3 is 17.9 Å². The van der Waals surface area contributed by atoms with Crippen LogP contribution in [-0.4, -0.2) is 37.2 Å². The van der Waals surface area contributed by atoms with Crippen molar-refractivity contribution in [2.45, 2.75) is 309 Å². The van der Waals surface area contributed by atoms with Gasteiger partial charge in [-0.1, -0.05) is 268 Å². The predicted molar refractivity (Wildman–Crippen MR) is 298 cm³/mol. The van der Waals surface area contributed by atoms with Gasteiger partial charge in [-0.3, -0.25) is 14.4 Å². The van der Waals surface area contributed by atoms with E-state index in [1.807, 2.05) is 0 Å². The molecular formula is C63H112O6. The van der Waals surface area contributed by atoms with Crippen molar-refractivity contribution in [3.8, 4) is 0 Å². The van der Waals surface area contributed by atoms with E-state index in [-0.39, 0.29) is 31.1 Å². The van der Waals surface area contributed by atoms with Gasteiger partial charge < -0.3 is 14.2 Å². The highest BCUT2D eigenvalue weighted by atomic mass is 16.6. The molecule has 0 heterocycles. The van der Waals surface area contributed by atoms with Crippen molar-refractivity contribution in [1.29, 1.82) is 0 Å². The lowest BCUT2D eigenvalue weighted by Gasteiger charge is -2.18. The van der Waals surface area contributed by atoms with Crippen molar-refractivity contribution in [1.82, 2.24) is 0 Å².